The fourth-order valence-electron chi connectivity index (χ4n) is 0.831. The van der Waals surface area contributed by atoms with Crippen molar-refractivity contribution in [1.82, 2.24) is 0 Å². The molecule has 0 aromatic heterocycles. The van der Waals surface area contributed by atoms with Crippen molar-refractivity contribution in [3.05, 3.63) is 35.9 Å². The first-order chi connectivity index (χ1) is 4.84. The molecule has 0 aliphatic carbocycles. The Morgan fingerprint density at radius 1 is 1.30 bits per heavy atom. The molecular weight excluding hydrogens is 142 g/mol. The van der Waals surface area contributed by atoms with Gasteiger partial charge in [0, 0.05) is 11.3 Å². The second kappa shape index (κ2) is 3.64. The Bertz CT molecular complexity index is 186. The van der Waals surface area contributed by atoms with E-state index in [1.807, 2.05) is 18.2 Å². The lowest BCUT2D eigenvalue weighted by molar-refractivity contribution is -0.418. The fraction of sp³-hybridized carbons (Fsp3) is 0.250. The van der Waals surface area contributed by atoms with Gasteiger partial charge in [-0.3, -0.25) is 0 Å². The molecule has 0 aliphatic rings. The standard InChI is InChI=1S/C8H11NS/c9-8(6-10)7-4-2-1-3-5-7/h1-5,8,10H,6,9H2/p+1. The first kappa shape index (κ1) is 7.63. The van der Waals surface area contributed by atoms with Gasteiger partial charge in [0.15, 0.2) is 0 Å². The van der Waals surface area contributed by atoms with Crippen molar-refractivity contribution in [2.24, 2.45) is 0 Å². The predicted molar refractivity (Wildman–Crippen MR) is 45.9 cm³/mol. The van der Waals surface area contributed by atoms with Crippen LogP contribution in [0.25, 0.3) is 0 Å². The van der Waals surface area contributed by atoms with Crippen LogP contribution in [0, 0.1) is 0 Å². The monoisotopic (exact) mass is 154 g/mol. The Kier molecular flexibility index (Phi) is 2.78. The second-order valence-corrected chi connectivity index (χ2v) is 2.66. The highest BCUT2D eigenvalue weighted by Gasteiger charge is 2.03. The number of hydrogen-bond acceptors (Lipinski definition) is 1. The van der Waals surface area contributed by atoms with Gasteiger partial charge in [-0.2, -0.15) is 12.6 Å². The Labute approximate surface area is 66.7 Å². The lowest BCUT2D eigenvalue weighted by atomic mass is 10.1. The van der Waals surface area contributed by atoms with E-state index >= 15 is 0 Å². The quantitative estimate of drug-likeness (QED) is 0.592. The molecule has 1 aromatic carbocycles. The van der Waals surface area contributed by atoms with Gasteiger partial charge in [-0.25, -0.2) is 0 Å². The van der Waals surface area contributed by atoms with E-state index in [2.05, 4.69) is 30.5 Å². The van der Waals surface area contributed by atoms with Crippen molar-refractivity contribution in [3.63, 3.8) is 0 Å². The Balaban J connectivity index is 2.75. The maximum absolute atomic E-state index is 4.16. The van der Waals surface area contributed by atoms with Crippen molar-refractivity contribution in [2.45, 2.75) is 6.04 Å². The normalized spacial score (nSPS) is 13.0. The molecule has 0 fully saturated rings. The molecule has 10 heavy (non-hydrogen) atoms. The summed E-state index contributed by atoms with van der Waals surface area (Å²) >= 11 is 4.16. The maximum Gasteiger partial charge on any atom is 0.119 e. The van der Waals surface area contributed by atoms with Gasteiger partial charge in [-0.15, -0.1) is 0 Å². The fourth-order valence-corrected chi connectivity index (χ4v) is 1.04. The zero-order chi connectivity index (χ0) is 7.40. The zero-order valence-electron chi connectivity index (χ0n) is 5.83. The Morgan fingerprint density at radius 3 is 2.40 bits per heavy atom. The summed E-state index contributed by atoms with van der Waals surface area (Å²) in [5.41, 5.74) is 5.21. The predicted octanol–water partition coefficient (Wildman–Crippen LogP) is 0.899. The minimum Gasteiger partial charge on any atom is -0.351 e. The molecular formula is C8H12NS+. The van der Waals surface area contributed by atoms with Gasteiger partial charge in [-0.05, 0) is 0 Å². The van der Waals surface area contributed by atoms with Crippen LogP contribution in [-0.4, -0.2) is 5.75 Å². The molecule has 0 aliphatic heterocycles. The average molecular weight is 154 g/mol. The first-order valence-electron chi connectivity index (χ1n) is 3.33. The van der Waals surface area contributed by atoms with Crippen molar-refractivity contribution >= 4 is 12.6 Å². The number of hydrogen-bond donors (Lipinski definition) is 2. The molecule has 54 valence electrons. The summed E-state index contributed by atoms with van der Waals surface area (Å²) in [4.78, 5) is 0. The van der Waals surface area contributed by atoms with Gasteiger partial charge in [0.25, 0.3) is 0 Å². The Morgan fingerprint density at radius 2 is 1.90 bits per heavy atom. The van der Waals surface area contributed by atoms with Crippen LogP contribution in [0.5, 0.6) is 0 Å². The highest BCUT2D eigenvalue weighted by molar-refractivity contribution is 7.80. The maximum atomic E-state index is 4.16. The minimum atomic E-state index is 0.324. The zero-order valence-corrected chi connectivity index (χ0v) is 6.72. The molecule has 0 saturated heterocycles. The molecule has 2 heteroatoms. The van der Waals surface area contributed by atoms with Crippen molar-refractivity contribution in [1.29, 1.82) is 0 Å². The van der Waals surface area contributed by atoms with Gasteiger partial charge < -0.3 is 5.73 Å². The van der Waals surface area contributed by atoms with Gasteiger partial charge >= 0.3 is 0 Å². The third kappa shape index (κ3) is 1.75. The summed E-state index contributed by atoms with van der Waals surface area (Å²) in [5, 5.41) is 0. The van der Waals surface area contributed by atoms with Crippen LogP contribution in [0.4, 0.5) is 0 Å². The summed E-state index contributed by atoms with van der Waals surface area (Å²) in [7, 11) is 0. The third-order valence-corrected chi connectivity index (χ3v) is 1.93. The van der Waals surface area contributed by atoms with Crippen LogP contribution in [0.2, 0.25) is 0 Å². The van der Waals surface area contributed by atoms with E-state index in [0.29, 0.717) is 6.04 Å². The SMILES string of the molecule is [NH3+]C(CS)c1ccccc1. The summed E-state index contributed by atoms with van der Waals surface area (Å²) in [6.07, 6.45) is 0. The molecule has 0 radical (unpaired) electrons. The smallest absolute Gasteiger partial charge is 0.119 e. The van der Waals surface area contributed by atoms with Crippen LogP contribution in [0.15, 0.2) is 30.3 Å². The average Bonchev–Trinajstić information content (AvgIpc) is 2.05. The van der Waals surface area contributed by atoms with Crippen LogP contribution in [0.1, 0.15) is 11.6 Å². The highest BCUT2D eigenvalue weighted by atomic mass is 32.1. The first-order valence-corrected chi connectivity index (χ1v) is 3.96. The van der Waals surface area contributed by atoms with Gasteiger partial charge in [-0.1, -0.05) is 30.3 Å². The Hall–Kier alpha value is -0.470. The second-order valence-electron chi connectivity index (χ2n) is 2.29. The van der Waals surface area contributed by atoms with Gasteiger partial charge in [0.2, 0.25) is 0 Å². The molecule has 0 amide bonds. The lowest BCUT2D eigenvalue weighted by Crippen LogP contribution is -2.54. The molecule has 1 unspecified atom stereocenters. The largest absolute Gasteiger partial charge is 0.351 e. The van der Waals surface area contributed by atoms with E-state index in [-0.39, 0.29) is 0 Å². The molecule has 0 spiro atoms. The molecule has 0 bridgehead atoms. The van der Waals surface area contributed by atoms with Gasteiger partial charge in [0.05, 0.1) is 0 Å². The number of rotatable bonds is 2. The molecule has 1 nitrogen and oxygen atoms in total. The molecule has 3 N–H and O–H groups in total. The number of benzene rings is 1. The van der Waals surface area contributed by atoms with E-state index in [0.717, 1.165) is 5.75 Å². The van der Waals surface area contributed by atoms with E-state index in [1.54, 1.807) is 0 Å². The van der Waals surface area contributed by atoms with Crippen LogP contribution >= 0.6 is 12.6 Å². The number of quaternary nitrogens is 1. The van der Waals surface area contributed by atoms with Crippen LogP contribution < -0.4 is 5.73 Å². The topological polar surface area (TPSA) is 27.6 Å². The summed E-state index contributed by atoms with van der Waals surface area (Å²) in [6, 6.07) is 10.5. The van der Waals surface area contributed by atoms with Crippen LogP contribution in [0.3, 0.4) is 0 Å². The van der Waals surface area contributed by atoms with E-state index in [4.69, 9.17) is 0 Å². The third-order valence-electron chi connectivity index (χ3n) is 1.49. The lowest BCUT2D eigenvalue weighted by Gasteiger charge is -2.02. The van der Waals surface area contributed by atoms with Gasteiger partial charge in [0.1, 0.15) is 6.04 Å². The molecule has 0 heterocycles. The van der Waals surface area contributed by atoms with E-state index < -0.39 is 0 Å². The summed E-state index contributed by atoms with van der Waals surface area (Å²) in [5.74, 6) is 0.810. The molecule has 1 aromatic rings. The molecule has 1 atom stereocenters. The van der Waals surface area contributed by atoms with Crippen molar-refractivity contribution in [3.8, 4) is 0 Å². The molecule has 0 saturated carbocycles. The summed E-state index contributed by atoms with van der Waals surface area (Å²) < 4.78 is 0. The minimum absolute atomic E-state index is 0.324. The van der Waals surface area contributed by atoms with Crippen molar-refractivity contribution in [2.75, 3.05) is 5.75 Å². The van der Waals surface area contributed by atoms with E-state index in [9.17, 15) is 0 Å². The number of thiol groups is 1. The highest BCUT2D eigenvalue weighted by Crippen LogP contribution is 2.07. The van der Waals surface area contributed by atoms with Crippen molar-refractivity contribution < 1.29 is 5.73 Å². The summed E-state index contributed by atoms with van der Waals surface area (Å²) in [6.45, 7) is 0. The molecule has 1 rings (SSSR count). The van der Waals surface area contributed by atoms with E-state index in [1.165, 1.54) is 5.56 Å². The van der Waals surface area contributed by atoms with Crippen LogP contribution in [-0.2, 0) is 0 Å².